The molecule has 0 fully saturated rings. The third-order valence-electron chi connectivity index (χ3n) is 3.19. The van der Waals surface area contributed by atoms with E-state index in [1.54, 1.807) is 6.20 Å². The van der Waals surface area contributed by atoms with Crippen molar-refractivity contribution in [1.29, 1.82) is 0 Å². The molecule has 0 aliphatic rings. The number of nitrogens with one attached hydrogen (secondary N) is 1. The molecule has 2 aromatic rings. The second-order valence-electron chi connectivity index (χ2n) is 5.79. The number of imidazole rings is 1. The highest BCUT2D eigenvalue weighted by Gasteiger charge is 2.15. The molecule has 0 atom stereocenters. The summed E-state index contributed by atoms with van der Waals surface area (Å²) in [4.78, 5) is 18.0. The molecule has 0 saturated carbocycles. The second-order valence-corrected chi connectivity index (χ2v) is 5.79. The molecule has 0 bridgehead atoms. The number of carbonyl (C=O) groups is 1. The minimum absolute atomic E-state index is 0.121. The molecule has 19 heavy (non-hydrogen) atoms. The average Bonchev–Trinajstić information content (AvgIpc) is 2.76. The molecule has 0 saturated heterocycles. The van der Waals surface area contributed by atoms with Gasteiger partial charge in [0.2, 0.25) is 0 Å². The summed E-state index contributed by atoms with van der Waals surface area (Å²) < 4.78 is 0. The van der Waals surface area contributed by atoms with Crippen molar-refractivity contribution in [1.82, 2.24) is 9.97 Å². The van der Waals surface area contributed by atoms with Gasteiger partial charge in [-0.15, -0.1) is 0 Å². The zero-order valence-corrected chi connectivity index (χ0v) is 11.7. The zero-order valence-electron chi connectivity index (χ0n) is 11.7. The van der Waals surface area contributed by atoms with Gasteiger partial charge in [0, 0.05) is 5.56 Å². The number of primary amides is 1. The molecule has 1 aromatic carbocycles. The quantitative estimate of drug-likeness (QED) is 0.868. The number of nitrogens with zero attached hydrogens (tertiary/aromatic N) is 1. The van der Waals surface area contributed by atoms with Crippen LogP contribution in [0, 0.1) is 6.92 Å². The predicted octanol–water partition coefficient (Wildman–Crippen LogP) is 2.78. The summed E-state index contributed by atoms with van der Waals surface area (Å²) >= 11 is 0. The molecule has 0 aliphatic carbocycles. The van der Waals surface area contributed by atoms with Gasteiger partial charge in [-0.25, -0.2) is 4.98 Å². The molecule has 0 aliphatic heterocycles. The number of hydrogen-bond acceptors (Lipinski definition) is 2. The van der Waals surface area contributed by atoms with Crippen molar-refractivity contribution >= 4 is 5.91 Å². The Hall–Kier alpha value is -2.10. The minimum atomic E-state index is -0.546. The van der Waals surface area contributed by atoms with Crippen molar-refractivity contribution in [2.75, 3.05) is 0 Å². The maximum absolute atomic E-state index is 11.0. The number of amides is 1. The Morgan fingerprint density at radius 2 is 2.00 bits per heavy atom. The normalized spacial score (nSPS) is 11.6. The average molecular weight is 257 g/mol. The first-order valence-electron chi connectivity index (χ1n) is 6.25. The summed E-state index contributed by atoms with van der Waals surface area (Å²) in [7, 11) is 0. The van der Waals surface area contributed by atoms with Crippen LogP contribution >= 0.6 is 0 Å². The molecule has 0 unspecified atom stereocenters. The van der Waals surface area contributed by atoms with Gasteiger partial charge >= 0.3 is 0 Å². The van der Waals surface area contributed by atoms with E-state index in [1.807, 2.05) is 6.07 Å². The van der Waals surface area contributed by atoms with E-state index in [1.165, 1.54) is 5.56 Å². The van der Waals surface area contributed by atoms with Crippen LogP contribution in [0.4, 0.5) is 0 Å². The van der Waals surface area contributed by atoms with Crippen molar-refractivity contribution in [3.05, 3.63) is 41.3 Å². The molecule has 0 radical (unpaired) electrons. The first kappa shape index (κ1) is 13.3. The number of aromatic nitrogens is 2. The third kappa shape index (κ3) is 2.67. The molecule has 2 rings (SSSR count). The van der Waals surface area contributed by atoms with Crippen LogP contribution in [0.25, 0.3) is 11.3 Å². The number of nitrogens with two attached hydrogens (primary N) is 1. The first-order chi connectivity index (χ1) is 8.79. The van der Waals surface area contributed by atoms with E-state index in [9.17, 15) is 4.79 Å². The SMILES string of the molecule is Cc1cc(C(C)(C)C)ccc1-c1cnc(C(N)=O)[nH]1. The number of benzene rings is 1. The van der Waals surface area contributed by atoms with Crippen LogP contribution in [0.5, 0.6) is 0 Å². The number of aromatic amines is 1. The highest BCUT2D eigenvalue weighted by molar-refractivity contribution is 5.89. The van der Waals surface area contributed by atoms with Crippen LogP contribution in [-0.4, -0.2) is 15.9 Å². The molecule has 0 spiro atoms. The van der Waals surface area contributed by atoms with Crippen molar-refractivity contribution in [3.63, 3.8) is 0 Å². The summed E-state index contributed by atoms with van der Waals surface area (Å²) in [5.41, 5.74) is 9.59. The number of rotatable bonds is 2. The Morgan fingerprint density at radius 1 is 1.32 bits per heavy atom. The van der Waals surface area contributed by atoms with Crippen molar-refractivity contribution in [2.24, 2.45) is 5.73 Å². The lowest BCUT2D eigenvalue weighted by Crippen LogP contribution is -2.12. The number of aryl methyl sites for hydroxylation is 1. The molecule has 4 heteroatoms. The Morgan fingerprint density at radius 3 is 2.47 bits per heavy atom. The van der Waals surface area contributed by atoms with Gasteiger partial charge in [0.15, 0.2) is 5.82 Å². The van der Waals surface area contributed by atoms with Crippen LogP contribution < -0.4 is 5.73 Å². The van der Waals surface area contributed by atoms with Gasteiger partial charge in [0.1, 0.15) is 0 Å². The predicted molar refractivity (Wildman–Crippen MR) is 76.0 cm³/mol. The summed E-state index contributed by atoms with van der Waals surface area (Å²) in [6.45, 7) is 8.60. The summed E-state index contributed by atoms with van der Waals surface area (Å²) in [5, 5.41) is 0. The van der Waals surface area contributed by atoms with Crippen LogP contribution in [0.3, 0.4) is 0 Å². The van der Waals surface area contributed by atoms with Gasteiger partial charge in [0.05, 0.1) is 11.9 Å². The van der Waals surface area contributed by atoms with Crippen molar-refractivity contribution in [2.45, 2.75) is 33.1 Å². The second kappa shape index (κ2) is 4.53. The topological polar surface area (TPSA) is 71.8 Å². The van der Waals surface area contributed by atoms with Gasteiger partial charge in [0.25, 0.3) is 5.91 Å². The van der Waals surface area contributed by atoms with Crippen molar-refractivity contribution in [3.8, 4) is 11.3 Å². The van der Waals surface area contributed by atoms with E-state index in [2.05, 4.69) is 49.8 Å². The standard InChI is InChI=1S/C15H19N3O/c1-9-7-10(15(2,3)4)5-6-11(9)12-8-17-14(18-12)13(16)19/h5-8H,1-4H3,(H2,16,19)(H,17,18). The number of H-pyrrole nitrogens is 1. The van der Waals surface area contributed by atoms with Crippen LogP contribution in [0.1, 0.15) is 42.5 Å². The number of hydrogen-bond donors (Lipinski definition) is 2. The summed E-state index contributed by atoms with van der Waals surface area (Å²) in [6.07, 6.45) is 1.64. The molecule has 1 amide bonds. The lowest BCUT2D eigenvalue weighted by Gasteiger charge is -2.20. The molecule has 1 heterocycles. The van der Waals surface area contributed by atoms with E-state index in [-0.39, 0.29) is 11.2 Å². The maximum Gasteiger partial charge on any atom is 0.284 e. The van der Waals surface area contributed by atoms with E-state index in [4.69, 9.17) is 5.73 Å². The monoisotopic (exact) mass is 257 g/mol. The Labute approximate surface area is 113 Å². The Bertz CT molecular complexity index is 621. The van der Waals surface area contributed by atoms with Crippen LogP contribution in [0.15, 0.2) is 24.4 Å². The Balaban J connectivity index is 2.43. The third-order valence-corrected chi connectivity index (χ3v) is 3.19. The minimum Gasteiger partial charge on any atom is -0.363 e. The summed E-state index contributed by atoms with van der Waals surface area (Å²) in [5.74, 6) is -0.357. The lowest BCUT2D eigenvalue weighted by atomic mass is 9.85. The van der Waals surface area contributed by atoms with Crippen LogP contribution in [0.2, 0.25) is 0 Å². The highest BCUT2D eigenvalue weighted by Crippen LogP contribution is 2.28. The molecule has 4 nitrogen and oxygen atoms in total. The zero-order chi connectivity index (χ0) is 14.2. The summed E-state index contributed by atoms with van der Waals surface area (Å²) in [6, 6.07) is 6.32. The molecular weight excluding hydrogens is 238 g/mol. The van der Waals surface area contributed by atoms with Crippen LogP contribution in [-0.2, 0) is 5.41 Å². The van der Waals surface area contributed by atoms with Gasteiger partial charge in [-0.1, -0.05) is 39.0 Å². The van der Waals surface area contributed by atoms with E-state index >= 15 is 0 Å². The fourth-order valence-corrected chi connectivity index (χ4v) is 2.02. The van der Waals surface area contributed by atoms with Gasteiger partial charge in [-0.2, -0.15) is 0 Å². The maximum atomic E-state index is 11.0. The fraction of sp³-hybridized carbons (Fsp3) is 0.333. The smallest absolute Gasteiger partial charge is 0.284 e. The molecular formula is C15H19N3O. The van der Waals surface area contributed by atoms with Gasteiger partial charge < -0.3 is 10.7 Å². The van der Waals surface area contributed by atoms with E-state index < -0.39 is 5.91 Å². The van der Waals surface area contributed by atoms with Gasteiger partial charge in [-0.3, -0.25) is 4.79 Å². The van der Waals surface area contributed by atoms with Gasteiger partial charge in [-0.05, 0) is 23.5 Å². The lowest BCUT2D eigenvalue weighted by molar-refractivity contribution is 0.0991. The molecule has 1 aromatic heterocycles. The number of carbonyl (C=O) groups excluding carboxylic acids is 1. The first-order valence-corrected chi connectivity index (χ1v) is 6.25. The molecule has 100 valence electrons. The van der Waals surface area contributed by atoms with Crippen molar-refractivity contribution < 1.29 is 4.79 Å². The largest absolute Gasteiger partial charge is 0.363 e. The van der Waals surface area contributed by atoms with E-state index in [0.717, 1.165) is 16.8 Å². The highest BCUT2D eigenvalue weighted by atomic mass is 16.1. The molecule has 3 N–H and O–H groups in total. The van der Waals surface area contributed by atoms with E-state index in [0.29, 0.717) is 0 Å². The Kier molecular flexibility index (Phi) is 3.18. The fourth-order valence-electron chi connectivity index (χ4n) is 2.02.